The molecule has 6 heteroatoms. The third-order valence-corrected chi connectivity index (χ3v) is 2.90. The van der Waals surface area contributed by atoms with Crippen molar-refractivity contribution in [3.05, 3.63) is 28.3 Å². The van der Waals surface area contributed by atoms with E-state index in [0.717, 1.165) is 0 Å². The number of ether oxygens (including phenoxy) is 1. The van der Waals surface area contributed by atoms with Gasteiger partial charge in [0.15, 0.2) is 0 Å². The van der Waals surface area contributed by atoms with Crippen LogP contribution in [0.3, 0.4) is 0 Å². The molecule has 1 aromatic carbocycles. The van der Waals surface area contributed by atoms with Gasteiger partial charge in [0.1, 0.15) is 10.9 Å². The molecule has 1 rings (SSSR count). The minimum Gasteiger partial charge on any atom is -0.507 e. The maximum atomic E-state index is 11.7. The van der Waals surface area contributed by atoms with Gasteiger partial charge < -0.3 is 9.84 Å². The van der Waals surface area contributed by atoms with E-state index in [0.29, 0.717) is 12.2 Å². The summed E-state index contributed by atoms with van der Waals surface area (Å²) in [5, 5.41) is 17.0. The lowest BCUT2D eigenvalue weighted by Gasteiger charge is -2.12. The highest BCUT2D eigenvalue weighted by atomic mass is 35.5. The van der Waals surface area contributed by atoms with Gasteiger partial charge in [-0.1, -0.05) is 37.0 Å². The first-order valence-electron chi connectivity index (χ1n) is 5.73. The Hall–Kier alpha value is -1.26. The fourth-order valence-electron chi connectivity index (χ4n) is 1.48. The molecule has 0 radical (unpaired) electrons. The van der Waals surface area contributed by atoms with E-state index in [4.69, 9.17) is 33.3 Å². The summed E-state index contributed by atoms with van der Waals surface area (Å²) in [5.74, 6) is -0.425. The van der Waals surface area contributed by atoms with Gasteiger partial charge in [0, 0.05) is 5.02 Å². The highest BCUT2D eigenvalue weighted by Crippen LogP contribution is 2.30. The molecule has 0 amide bonds. The van der Waals surface area contributed by atoms with Crippen LogP contribution >= 0.6 is 23.2 Å². The molecular formula is C13H15Cl2NO3. The number of carbonyl (C=O) groups is 1. The zero-order valence-corrected chi connectivity index (χ0v) is 12.2. The summed E-state index contributed by atoms with van der Waals surface area (Å²) in [6, 6.07) is 2.78. The molecule has 0 aliphatic rings. The maximum Gasteiger partial charge on any atom is 0.310 e. The molecule has 0 aromatic heterocycles. The number of halogens is 2. The predicted molar refractivity (Wildman–Crippen MR) is 75.3 cm³/mol. The van der Waals surface area contributed by atoms with Crippen LogP contribution in [0.15, 0.2) is 12.1 Å². The van der Waals surface area contributed by atoms with Crippen molar-refractivity contribution in [2.75, 3.05) is 6.61 Å². The van der Waals surface area contributed by atoms with Gasteiger partial charge in [0.2, 0.25) is 0 Å². The number of esters is 1. The first kappa shape index (κ1) is 15.8. The molecular weight excluding hydrogens is 289 g/mol. The molecule has 0 saturated heterocycles. The fraction of sp³-hybridized carbons (Fsp3) is 0.385. The Morgan fingerprint density at radius 2 is 2.11 bits per heavy atom. The van der Waals surface area contributed by atoms with E-state index >= 15 is 0 Å². The van der Waals surface area contributed by atoms with Crippen LogP contribution in [0.25, 0.3) is 0 Å². The summed E-state index contributed by atoms with van der Waals surface area (Å²) in [6.07, 6.45) is -0.135. The van der Waals surface area contributed by atoms with Crippen molar-refractivity contribution in [3.63, 3.8) is 0 Å². The van der Waals surface area contributed by atoms with E-state index in [9.17, 15) is 9.90 Å². The molecule has 0 aliphatic carbocycles. The van der Waals surface area contributed by atoms with E-state index in [-0.39, 0.29) is 33.8 Å². The third-order valence-electron chi connectivity index (χ3n) is 2.35. The molecule has 0 fully saturated rings. The Morgan fingerprint density at radius 3 is 2.63 bits per heavy atom. The smallest absolute Gasteiger partial charge is 0.310 e. The third kappa shape index (κ3) is 4.40. The summed E-state index contributed by atoms with van der Waals surface area (Å²) < 4.78 is 5.04. The Labute approximate surface area is 121 Å². The van der Waals surface area contributed by atoms with Crippen LogP contribution in [-0.2, 0) is 16.0 Å². The van der Waals surface area contributed by atoms with E-state index in [2.05, 4.69) is 0 Å². The van der Waals surface area contributed by atoms with Gasteiger partial charge >= 0.3 is 5.97 Å². The molecule has 19 heavy (non-hydrogen) atoms. The van der Waals surface area contributed by atoms with Crippen LogP contribution in [0.5, 0.6) is 5.75 Å². The van der Waals surface area contributed by atoms with Gasteiger partial charge in [-0.15, -0.1) is 0 Å². The van der Waals surface area contributed by atoms with Crippen LogP contribution in [0.1, 0.15) is 25.0 Å². The van der Waals surface area contributed by atoms with Crippen molar-refractivity contribution in [1.29, 1.82) is 5.41 Å². The molecule has 1 aromatic rings. The Balaban J connectivity index is 2.97. The molecule has 104 valence electrons. The second-order valence-corrected chi connectivity index (χ2v) is 5.27. The molecule has 2 N–H and O–H groups in total. The minimum absolute atomic E-state index is 0.0654. The topological polar surface area (TPSA) is 70.4 Å². The number of rotatable bonds is 5. The van der Waals surface area contributed by atoms with E-state index in [1.807, 2.05) is 13.8 Å². The summed E-state index contributed by atoms with van der Waals surface area (Å²) in [5.41, 5.74) is 0.367. The van der Waals surface area contributed by atoms with Crippen LogP contribution in [0.4, 0.5) is 0 Å². The molecule has 0 unspecified atom stereocenters. The summed E-state index contributed by atoms with van der Waals surface area (Å²) in [7, 11) is 0. The Kier molecular flexibility index (Phi) is 5.63. The SMILES string of the molecule is CC(C)COC(=O)Cc1c(Cl)ccc(O)c1C(=N)Cl. The largest absolute Gasteiger partial charge is 0.507 e. The molecule has 0 aliphatic heterocycles. The molecule has 0 heterocycles. The standard InChI is InChI=1S/C13H15Cl2NO3/c1-7(2)6-19-11(18)5-8-9(14)3-4-10(17)12(8)13(15)16/h3-4,7,16-17H,5-6H2,1-2H3. The van der Waals surface area contributed by atoms with Gasteiger partial charge in [-0.25, -0.2) is 0 Å². The highest BCUT2D eigenvalue weighted by molar-refractivity contribution is 6.69. The van der Waals surface area contributed by atoms with Crippen LogP contribution in [0, 0.1) is 11.3 Å². The minimum atomic E-state index is -0.472. The zero-order valence-electron chi connectivity index (χ0n) is 10.7. The van der Waals surface area contributed by atoms with Crippen LogP contribution in [0.2, 0.25) is 5.02 Å². The summed E-state index contributed by atoms with van der Waals surface area (Å²) in [6.45, 7) is 4.16. The lowest BCUT2D eigenvalue weighted by molar-refractivity contribution is -0.143. The Bertz CT molecular complexity index is 501. The van der Waals surface area contributed by atoms with Crippen molar-refractivity contribution in [2.24, 2.45) is 5.92 Å². The first-order chi connectivity index (χ1) is 8.82. The molecule has 0 bridgehead atoms. The maximum absolute atomic E-state index is 11.7. The number of carbonyl (C=O) groups excluding carboxylic acids is 1. The number of phenolic OH excluding ortho intramolecular Hbond substituents is 1. The van der Waals surface area contributed by atoms with Gasteiger partial charge in [-0.3, -0.25) is 10.2 Å². The first-order valence-corrected chi connectivity index (χ1v) is 6.49. The van der Waals surface area contributed by atoms with E-state index in [1.54, 1.807) is 0 Å². The average Bonchev–Trinajstić information content (AvgIpc) is 2.31. The number of nitrogens with one attached hydrogen (secondary N) is 1. The second kappa shape index (κ2) is 6.78. The quantitative estimate of drug-likeness (QED) is 0.647. The number of aromatic hydroxyl groups is 1. The Morgan fingerprint density at radius 1 is 1.47 bits per heavy atom. The lowest BCUT2D eigenvalue weighted by Crippen LogP contribution is -2.14. The predicted octanol–water partition coefficient (Wildman–Crippen LogP) is 3.35. The van der Waals surface area contributed by atoms with Crippen molar-refractivity contribution in [2.45, 2.75) is 20.3 Å². The second-order valence-electron chi connectivity index (χ2n) is 4.49. The number of benzene rings is 1. The van der Waals surface area contributed by atoms with Crippen molar-refractivity contribution in [3.8, 4) is 5.75 Å². The lowest BCUT2D eigenvalue weighted by atomic mass is 10.0. The van der Waals surface area contributed by atoms with Gasteiger partial charge in [-0.2, -0.15) is 0 Å². The van der Waals surface area contributed by atoms with E-state index in [1.165, 1.54) is 12.1 Å². The van der Waals surface area contributed by atoms with Crippen LogP contribution < -0.4 is 0 Å². The molecule has 0 atom stereocenters. The molecule has 0 saturated carbocycles. The number of hydrogen-bond donors (Lipinski definition) is 2. The van der Waals surface area contributed by atoms with Gasteiger partial charge in [0.25, 0.3) is 0 Å². The fourth-order valence-corrected chi connectivity index (χ4v) is 1.92. The zero-order chi connectivity index (χ0) is 14.6. The molecule has 0 spiro atoms. The molecule has 4 nitrogen and oxygen atoms in total. The van der Waals surface area contributed by atoms with Gasteiger partial charge in [0.05, 0.1) is 18.6 Å². The van der Waals surface area contributed by atoms with Crippen LogP contribution in [-0.4, -0.2) is 22.9 Å². The van der Waals surface area contributed by atoms with Gasteiger partial charge in [-0.05, 0) is 23.6 Å². The normalized spacial score (nSPS) is 10.6. The van der Waals surface area contributed by atoms with Crippen molar-refractivity contribution < 1.29 is 14.6 Å². The van der Waals surface area contributed by atoms with Crippen molar-refractivity contribution in [1.82, 2.24) is 0 Å². The monoisotopic (exact) mass is 303 g/mol. The average molecular weight is 304 g/mol. The summed E-state index contributed by atoms with van der Waals surface area (Å²) in [4.78, 5) is 11.7. The highest BCUT2D eigenvalue weighted by Gasteiger charge is 2.18. The van der Waals surface area contributed by atoms with E-state index < -0.39 is 5.97 Å². The summed E-state index contributed by atoms with van der Waals surface area (Å²) >= 11 is 11.6. The van der Waals surface area contributed by atoms with Crippen molar-refractivity contribution >= 4 is 34.3 Å². The number of hydrogen-bond acceptors (Lipinski definition) is 4. The number of phenols is 1.